The molecule has 1 amide bonds. The van der Waals surface area contributed by atoms with Crippen LogP contribution in [0, 0.1) is 0 Å². The van der Waals surface area contributed by atoms with E-state index >= 15 is 0 Å². The Balaban J connectivity index is 1.56. The van der Waals surface area contributed by atoms with Gasteiger partial charge in [0.05, 0.1) is 6.54 Å². The van der Waals surface area contributed by atoms with Gasteiger partial charge in [0.1, 0.15) is 12.6 Å². The number of piperidine rings is 1. The van der Waals surface area contributed by atoms with Gasteiger partial charge < -0.3 is 9.64 Å². The highest BCUT2D eigenvalue weighted by atomic mass is 16.5. The van der Waals surface area contributed by atoms with Crippen molar-refractivity contribution in [2.24, 2.45) is 0 Å². The number of carbonyl (C=O) groups is 1. The molecule has 0 saturated carbocycles. The van der Waals surface area contributed by atoms with Crippen LogP contribution in [0.1, 0.15) is 12.8 Å². The van der Waals surface area contributed by atoms with Crippen molar-refractivity contribution in [3.05, 3.63) is 36.8 Å². The summed E-state index contributed by atoms with van der Waals surface area (Å²) < 4.78 is 7.42. The summed E-state index contributed by atoms with van der Waals surface area (Å²) in [7, 11) is 0. The summed E-state index contributed by atoms with van der Waals surface area (Å²) in [4.78, 5) is 14.1. The van der Waals surface area contributed by atoms with Crippen LogP contribution in [0.2, 0.25) is 0 Å². The van der Waals surface area contributed by atoms with Crippen molar-refractivity contribution in [2.45, 2.75) is 25.5 Å². The maximum Gasteiger partial charge on any atom is 0.244 e. The van der Waals surface area contributed by atoms with Crippen molar-refractivity contribution >= 4 is 5.91 Å². The zero-order chi connectivity index (χ0) is 14.5. The number of likely N-dealkylation sites (tertiary alicyclic amines) is 1. The van der Waals surface area contributed by atoms with Crippen LogP contribution in [0.25, 0.3) is 0 Å². The molecule has 0 aliphatic carbocycles. The van der Waals surface area contributed by atoms with Crippen molar-refractivity contribution in [1.29, 1.82) is 0 Å². The van der Waals surface area contributed by atoms with Crippen LogP contribution >= 0.6 is 0 Å². The van der Waals surface area contributed by atoms with E-state index in [4.69, 9.17) is 4.74 Å². The minimum absolute atomic E-state index is 0.0305. The molecule has 7 heteroatoms. The number of hydrogen-bond acceptors (Lipinski definition) is 5. The van der Waals surface area contributed by atoms with Crippen LogP contribution in [0.4, 0.5) is 0 Å². The van der Waals surface area contributed by atoms with Gasteiger partial charge in [-0.3, -0.25) is 9.48 Å². The van der Waals surface area contributed by atoms with Crippen LogP contribution in [-0.4, -0.2) is 50.0 Å². The van der Waals surface area contributed by atoms with Gasteiger partial charge in [-0.15, -0.1) is 5.10 Å². The van der Waals surface area contributed by atoms with E-state index in [9.17, 15) is 4.79 Å². The average molecular weight is 287 g/mol. The largest absolute Gasteiger partial charge is 0.471 e. The molecule has 0 bridgehead atoms. The summed E-state index contributed by atoms with van der Waals surface area (Å²) in [5.41, 5.74) is 0. The standard InChI is InChI=1S/C14H17N5O2/c20-14(11-19-9-3-7-16-19)18-8-2-4-12(10-18)21-13-5-1-6-15-17-13/h1,3,5-7,9,12H,2,4,8,10-11H2. The second-order valence-electron chi connectivity index (χ2n) is 4.99. The Bertz CT molecular complexity index is 572. The highest BCUT2D eigenvalue weighted by Gasteiger charge is 2.25. The Kier molecular flexibility index (Phi) is 4.09. The maximum absolute atomic E-state index is 12.2. The van der Waals surface area contributed by atoms with Crippen molar-refractivity contribution in [1.82, 2.24) is 24.9 Å². The predicted molar refractivity (Wildman–Crippen MR) is 74.5 cm³/mol. The molecule has 1 aliphatic rings. The summed E-state index contributed by atoms with van der Waals surface area (Å²) in [6, 6.07) is 5.37. The number of amides is 1. The first-order chi connectivity index (χ1) is 10.3. The fourth-order valence-electron chi connectivity index (χ4n) is 2.41. The highest BCUT2D eigenvalue weighted by molar-refractivity contribution is 5.76. The molecule has 7 nitrogen and oxygen atoms in total. The van der Waals surface area contributed by atoms with Crippen molar-refractivity contribution in [2.75, 3.05) is 13.1 Å². The van der Waals surface area contributed by atoms with Crippen LogP contribution in [-0.2, 0) is 11.3 Å². The third kappa shape index (κ3) is 3.56. The Morgan fingerprint density at radius 2 is 2.33 bits per heavy atom. The van der Waals surface area contributed by atoms with E-state index in [0.717, 1.165) is 19.4 Å². The van der Waals surface area contributed by atoms with Gasteiger partial charge >= 0.3 is 0 Å². The Hall–Kier alpha value is -2.44. The molecule has 1 aliphatic heterocycles. The van der Waals surface area contributed by atoms with Crippen molar-refractivity contribution in [3.63, 3.8) is 0 Å². The second-order valence-corrected chi connectivity index (χ2v) is 4.99. The number of aromatic nitrogens is 4. The predicted octanol–water partition coefficient (Wildman–Crippen LogP) is 0.743. The van der Waals surface area contributed by atoms with Crippen molar-refractivity contribution in [3.8, 4) is 5.88 Å². The van der Waals surface area contributed by atoms with Crippen molar-refractivity contribution < 1.29 is 9.53 Å². The van der Waals surface area contributed by atoms with E-state index in [2.05, 4.69) is 15.3 Å². The van der Waals surface area contributed by atoms with E-state index in [-0.39, 0.29) is 18.6 Å². The molecule has 0 radical (unpaired) electrons. The maximum atomic E-state index is 12.2. The lowest BCUT2D eigenvalue weighted by molar-refractivity contribution is -0.134. The highest BCUT2D eigenvalue weighted by Crippen LogP contribution is 2.16. The van der Waals surface area contributed by atoms with E-state index in [1.54, 1.807) is 35.4 Å². The number of nitrogens with zero attached hydrogens (tertiary/aromatic N) is 5. The molecule has 1 fully saturated rings. The number of ether oxygens (including phenoxy) is 1. The van der Waals surface area contributed by atoms with Crippen LogP contribution in [0.3, 0.4) is 0 Å². The Labute approximate surface area is 122 Å². The fraction of sp³-hybridized carbons (Fsp3) is 0.429. The minimum atomic E-state index is -0.0305. The van der Waals surface area contributed by atoms with E-state index in [1.165, 1.54) is 0 Å². The SMILES string of the molecule is O=C(Cn1cccn1)N1CCCC(Oc2cccnn2)C1. The second kappa shape index (κ2) is 6.34. The van der Waals surface area contributed by atoms with Gasteiger partial charge in [-0.2, -0.15) is 10.2 Å². The van der Waals surface area contributed by atoms with Gasteiger partial charge in [-0.1, -0.05) is 0 Å². The first-order valence-electron chi connectivity index (χ1n) is 7.01. The summed E-state index contributed by atoms with van der Waals surface area (Å²) in [5, 5.41) is 11.8. The zero-order valence-electron chi connectivity index (χ0n) is 11.6. The molecular weight excluding hydrogens is 270 g/mol. The third-order valence-corrected chi connectivity index (χ3v) is 3.42. The summed E-state index contributed by atoms with van der Waals surface area (Å²) in [6.45, 7) is 1.61. The number of rotatable bonds is 4. The molecule has 0 aromatic carbocycles. The molecular formula is C14H17N5O2. The van der Waals surface area contributed by atoms with Crippen LogP contribution in [0.15, 0.2) is 36.8 Å². The number of hydrogen-bond donors (Lipinski definition) is 0. The monoisotopic (exact) mass is 287 g/mol. The Morgan fingerprint density at radius 3 is 3.10 bits per heavy atom. The molecule has 110 valence electrons. The first kappa shape index (κ1) is 13.5. The fourth-order valence-corrected chi connectivity index (χ4v) is 2.41. The molecule has 1 atom stereocenters. The minimum Gasteiger partial charge on any atom is -0.471 e. The molecule has 3 rings (SSSR count). The summed E-state index contributed by atoms with van der Waals surface area (Å²) in [5.74, 6) is 0.565. The first-order valence-corrected chi connectivity index (χ1v) is 7.01. The molecule has 21 heavy (non-hydrogen) atoms. The average Bonchev–Trinajstić information content (AvgIpc) is 3.01. The van der Waals surface area contributed by atoms with Gasteiger partial charge in [-0.25, -0.2) is 0 Å². The van der Waals surface area contributed by atoms with Gasteiger partial charge in [0.15, 0.2) is 0 Å². The molecule has 2 aromatic rings. The smallest absolute Gasteiger partial charge is 0.244 e. The van der Waals surface area contributed by atoms with Gasteiger partial charge in [-0.05, 0) is 25.0 Å². The lowest BCUT2D eigenvalue weighted by Crippen LogP contribution is -2.45. The van der Waals surface area contributed by atoms with Gasteiger partial charge in [0.2, 0.25) is 11.8 Å². The molecule has 1 unspecified atom stereocenters. The Morgan fingerprint density at radius 1 is 1.38 bits per heavy atom. The van der Waals surface area contributed by atoms with E-state index < -0.39 is 0 Å². The summed E-state index contributed by atoms with van der Waals surface area (Å²) in [6.07, 6.45) is 6.88. The molecule has 2 aromatic heterocycles. The molecule has 1 saturated heterocycles. The topological polar surface area (TPSA) is 73.1 Å². The zero-order valence-corrected chi connectivity index (χ0v) is 11.6. The molecule has 0 spiro atoms. The lowest BCUT2D eigenvalue weighted by Gasteiger charge is -2.32. The summed E-state index contributed by atoms with van der Waals surface area (Å²) >= 11 is 0. The van der Waals surface area contributed by atoms with Gasteiger partial charge in [0, 0.05) is 31.2 Å². The quantitative estimate of drug-likeness (QED) is 0.829. The third-order valence-electron chi connectivity index (χ3n) is 3.42. The molecule has 3 heterocycles. The number of carbonyl (C=O) groups excluding carboxylic acids is 1. The van der Waals surface area contributed by atoms with E-state index in [0.29, 0.717) is 12.4 Å². The van der Waals surface area contributed by atoms with Crippen LogP contribution < -0.4 is 4.74 Å². The van der Waals surface area contributed by atoms with Crippen LogP contribution in [0.5, 0.6) is 5.88 Å². The van der Waals surface area contributed by atoms with Gasteiger partial charge in [0.25, 0.3) is 0 Å². The normalized spacial score (nSPS) is 18.5. The lowest BCUT2D eigenvalue weighted by atomic mass is 10.1. The van der Waals surface area contributed by atoms with E-state index in [1.807, 2.05) is 11.0 Å². The molecule has 0 N–H and O–H groups in total.